The van der Waals surface area contributed by atoms with E-state index in [0.717, 1.165) is 54.3 Å². The van der Waals surface area contributed by atoms with Crippen LogP contribution in [0, 0.1) is 0 Å². The summed E-state index contributed by atoms with van der Waals surface area (Å²) < 4.78 is 6.02. The molecule has 7 aromatic carbocycles. The van der Waals surface area contributed by atoms with Gasteiger partial charge in [-0.3, -0.25) is 0 Å². The number of thiophene rings is 1. The van der Waals surface area contributed by atoms with Gasteiger partial charge < -0.3 is 9.13 Å². The summed E-state index contributed by atoms with van der Waals surface area (Å²) in [5.41, 5.74) is 11.9. The number of rotatable bonds is 4. The molecule has 0 atom stereocenters. The fourth-order valence-corrected chi connectivity index (χ4v) is 8.98. The van der Waals surface area contributed by atoms with E-state index >= 15 is 0 Å². The summed E-state index contributed by atoms with van der Waals surface area (Å²) in [6.07, 6.45) is 0. The first-order valence-electron chi connectivity index (χ1n) is 17.2. The van der Waals surface area contributed by atoms with Crippen LogP contribution in [0.2, 0.25) is 0 Å². The molecule has 0 aliphatic heterocycles. The van der Waals surface area contributed by atoms with Gasteiger partial charge in [-0.1, -0.05) is 121 Å². The smallest absolute Gasteiger partial charge is 0.143 e. The molecule has 51 heavy (non-hydrogen) atoms. The first kappa shape index (κ1) is 28.3. The normalized spacial score (nSPS) is 11.9. The summed E-state index contributed by atoms with van der Waals surface area (Å²) in [4.78, 5) is 11.6. The Morgan fingerprint density at radius 3 is 1.73 bits per heavy atom. The predicted molar refractivity (Wildman–Crippen MR) is 214 cm³/mol. The van der Waals surface area contributed by atoms with Crippen LogP contribution in [0.3, 0.4) is 0 Å². The monoisotopic (exact) mass is 668 g/mol. The molecule has 4 nitrogen and oxygen atoms in total. The van der Waals surface area contributed by atoms with Crippen molar-refractivity contribution in [3.63, 3.8) is 0 Å². The molecule has 0 amide bonds. The van der Waals surface area contributed by atoms with E-state index in [1.807, 2.05) is 12.1 Å². The molecular formula is C46H28N4S. The summed E-state index contributed by atoms with van der Waals surface area (Å²) in [6.45, 7) is 0. The van der Waals surface area contributed by atoms with E-state index in [-0.39, 0.29) is 0 Å². The van der Waals surface area contributed by atoms with Crippen LogP contribution in [-0.2, 0) is 0 Å². The van der Waals surface area contributed by atoms with E-state index in [2.05, 4.69) is 167 Å². The van der Waals surface area contributed by atoms with Crippen molar-refractivity contribution in [2.75, 3.05) is 0 Å². The van der Waals surface area contributed by atoms with Gasteiger partial charge in [-0.25, -0.2) is 9.97 Å². The van der Waals surface area contributed by atoms with Gasteiger partial charge in [-0.2, -0.15) is 0 Å². The lowest BCUT2D eigenvalue weighted by Gasteiger charge is -2.10. The first-order valence-corrected chi connectivity index (χ1v) is 18.0. The Hall–Kier alpha value is -6.56. The lowest BCUT2D eigenvalue weighted by Crippen LogP contribution is -1.95. The van der Waals surface area contributed by atoms with Gasteiger partial charge in [0.05, 0.1) is 33.5 Å². The molecule has 0 fully saturated rings. The SMILES string of the molecule is c1ccc(-c2nc3sc4cc(-n5c6ccccc6c6ccc7c(c8ccccc8n7-c7ccccc7)c65)ccc4c3nc2-c2ccccc2)cc1. The van der Waals surface area contributed by atoms with E-state index in [1.54, 1.807) is 11.3 Å². The second kappa shape index (κ2) is 11.0. The minimum Gasteiger partial charge on any atom is -0.309 e. The van der Waals surface area contributed by atoms with Crippen molar-refractivity contribution < 1.29 is 0 Å². The molecular weight excluding hydrogens is 641 g/mol. The summed E-state index contributed by atoms with van der Waals surface area (Å²) in [5, 5.41) is 6.10. The Labute approximate surface area is 297 Å². The molecule has 4 aromatic heterocycles. The number of para-hydroxylation sites is 3. The molecule has 11 rings (SSSR count). The number of hydrogen-bond acceptors (Lipinski definition) is 3. The lowest BCUT2D eigenvalue weighted by molar-refractivity contribution is 1.18. The Bertz CT molecular complexity index is 3120. The molecule has 0 bridgehead atoms. The topological polar surface area (TPSA) is 35.6 Å². The minimum atomic E-state index is 0.901. The number of benzene rings is 7. The zero-order valence-electron chi connectivity index (χ0n) is 27.4. The third-order valence-corrected chi connectivity index (χ3v) is 11.2. The highest BCUT2D eigenvalue weighted by Crippen LogP contribution is 2.43. The van der Waals surface area contributed by atoms with Crippen LogP contribution in [0.5, 0.6) is 0 Å². The van der Waals surface area contributed by atoms with Gasteiger partial charge in [-0.15, -0.1) is 11.3 Å². The number of aromatic nitrogens is 4. The van der Waals surface area contributed by atoms with Crippen molar-refractivity contribution in [3.05, 3.63) is 170 Å². The van der Waals surface area contributed by atoms with E-state index < -0.39 is 0 Å². The highest BCUT2D eigenvalue weighted by Gasteiger charge is 2.22. The Balaban J connectivity index is 1.21. The second-order valence-corrected chi connectivity index (χ2v) is 14.0. The molecule has 0 saturated carbocycles. The van der Waals surface area contributed by atoms with Gasteiger partial charge >= 0.3 is 0 Å². The van der Waals surface area contributed by atoms with Crippen LogP contribution in [0.15, 0.2) is 170 Å². The van der Waals surface area contributed by atoms with Crippen molar-refractivity contribution in [3.8, 4) is 33.9 Å². The van der Waals surface area contributed by atoms with Crippen LogP contribution in [-0.4, -0.2) is 19.1 Å². The fourth-order valence-electron chi connectivity index (χ4n) is 7.93. The molecule has 0 unspecified atom stereocenters. The molecule has 0 aliphatic carbocycles. The predicted octanol–water partition coefficient (Wildman–Crippen LogP) is 12.4. The van der Waals surface area contributed by atoms with Gasteiger partial charge in [0.15, 0.2) is 0 Å². The van der Waals surface area contributed by atoms with Crippen molar-refractivity contribution in [2.24, 2.45) is 0 Å². The van der Waals surface area contributed by atoms with E-state index in [1.165, 1.54) is 43.6 Å². The van der Waals surface area contributed by atoms with Crippen molar-refractivity contribution in [1.29, 1.82) is 0 Å². The quantitative estimate of drug-likeness (QED) is 0.187. The fraction of sp³-hybridized carbons (Fsp3) is 0. The number of hydrogen-bond donors (Lipinski definition) is 0. The first-order chi connectivity index (χ1) is 25.3. The van der Waals surface area contributed by atoms with Gasteiger partial charge in [-0.05, 0) is 48.5 Å². The Morgan fingerprint density at radius 1 is 0.412 bits per heavy atom. The standard InChI is InChI=1S/C46H28N4S/c1-4-14-29(15-5-1)42-43(30-16-6-2-7-17-30)48-46-44(47-42)36-25-24-32(28-40(36)51-46)50-37-22-12-10-20-33(37)34-26-27-39-41(45(34)50)35-21-11-13-23-38(35)49(39)31-18-8-3-9-19-31/h1-28H. The second-order valence-electron chi connectivity index (χ2n) is 13.0. The van der Waals surface area contributed by atoms with Crippen LogP contribution >= 0.6 is 11.3 Å². The van der Waals surface area contributed by atoms with Gasteiger partial charge in [0.1, 0.15) is 10.3 Å². The summed E-state index contributed by atoms with van der Waals surface area (Å²) in [5.74, 6) is 0. The summed E-state index contributed by atoms with van der Waals surface area (Å²) in [6, 6.07) is 60.5. The third kappa shape index (κ3) is 4.19. The largest absolute Gasteiger partial charge is 0.309 e. The van der Waals surface area contributed by atoms with Crippen molar-refractivity contribution >= 4 is 75.4 Å². The molecule has 5 heteroatoms. The lowest BCUT2D eigenvalue weighted by atomic mass is 10.0. The van der Waals surface area contributed by atoms with E-state index in [0.29, 0.717) is 0 Å². The molecule has 238 valence electrons. The molecule has 0 saturated heterocycles. The molecule has 11 aromatic rings. The molecule has 0 spiro atoms. The zero-order chi connectivity index (χ0) is 33.5. The van der Waals surface area contributed by atoms with Crippen molar-refractivity contribution in [1.82, 2.24) is 19.1 Å². The van der Waals surface area contributed by atoms with Crippen LogP contribution in [0.1, 0.15) is 0 Å². The molecule has 0 aliphatic rings. The van der Waals surface area contributed by atoms with Crippen LogP contribution in [0.25, 0.3) is 97.9 Å². The molecule has 0 radical (unpaired) electrons. The van der Waals surface area contributed by atoms with Crippen LogP contribution < -0.4 is 0 Å². The maximum atomic E-state index is 5.35. The average molecular weight is 669 g/mol. The Morgan fingerprint density at radius 2 is 1.00 bits per heavy atom. The highest BCUT2D eigenvalue weighted by atomic mass is 32.1. The maximum Gasteiger partial charge on any atom is 0.143 e. The third-order valence-electron chi connectivity index (χ3n) is 10.1. The molecule has 0 N–H and O–H groups in total. The maximum absolute atomic E-state index is 5.35. The summed E-state index contributed by atoms with van der Waals surface area (Å²) in [7, 11) is 0. The van der Waals surface area contributed by atoms with Gasteiger partial charge in [0.2, 0.25) is 0 Å². The minimum absolute atomic E-state index is 0.901. The van der Waals surface area contributed by atoms with Gasteiger partial charge in [0, 0.05) is 54.1 Å². The van der Waals surface area contributed by atoms with Crippen molar-refractivity contribution in [2.45, 2.75) is 0 Å². The average Bonchev–Trinajstić information content (AvgIpc) is 3.85. The van der Waals surface area contributed by atoms with Crippen LogP contribution in [0.4, 0.5) is 0 Å². The highest BCUT2D eigenvalue weighted by molar-refractivity contribution is 7.25. The van der Waals surface area contributed by atoms with E-state index in [4.69, 9.17) is 9.97 Å². The van der Waals surface area contributed by atoms with E-state index in [9.17, 15) is 0 Å². The number of fused-ring (bicyclic) bond motifs is 10. The molecule has 4 heterocycles. The Kier molecular flexibility index (Phi) is 6.09. The zero-order valence-corrected chi connectivity index (χ0v) is 28.2. The van der Waals surface area contributed by atoms with Gasteiger partial charge in [0.25, 0.3) is 0 Å². The number of nitrogens with zero attached hydrogens (tertiary/aromatic N) is 4. The summed E-state index contributed by atoms with van der Waals surface area (Å²) >= 11 is 1.71.